The fourth-order valence-electron chi connectivity index (χ4n) is 1.90. The number of hydrogen-bond donors (Lipinski definition) is 2. The van der Waals surface area contributed by atoms with Gasteiger partial charge in [0.15, 0.2) is 5.76 Å². The lowest BCUT2D eigenvalue weighted by atomic mass is 9.86. The Labute approximate surface area is 129 Å². The minimum absolute atomic E-state index is 0.240. The van der Waals surface area contributed by atoms with Crippen LogP contribution in [0.3, 0.4) is 0 Å². The summed E-state index contributed by atoms with van der Waals surface area (Å²) in [6, 6.07) is 5.23. The maximum Gasteiger partial charge on any atom is 0.287 e. The van der Waals surface area contributed by atoms with Gasteiger partial charge >= 0.3 is 0 Å². The number of hydrogen-bond acceptors (Lipinski definition) is 3. The molecule has 2 N–H and O–H groups in total. The predicted octanol–water partition coefficient (Wildman–Crippen LogP) is 3.67. The van der Waals surface area contributed by atoms with E-state index >= 15 is 0 Å². The Bertz CT molecular complexity index is 695. The average Bonchev–Trinajstić information content (AvgIpc) is 2.65. The van der Waals surface area contributed by atoms with E-state index in [1.807, 2.05) is 6.92 Å². The zero-order chi connectivity index (χ0) is 16.0. The molecule has 1 aromatic heterocycles. The van der Waals surface area contributed by atoms with E-state index in [1.165, 1.54) is 0 Å². The number of rotatable bonds is 3. The van der Waals surface area contributed by atoms with E-state index in [-0.39, 0.29) is 11.7 Å². The van der Waals surface area contributed by atoms with Gasteiger partial charge in [-0.1, -0.05) is 11.6 Å². The van der Waals surface area contributed by atoms with Crippen molar-refractivity contribution in [2.75, 3.05) is 0 Å². The van der Waals surface area contributed by atoms with Crippen molar-refractivity contribution in [3.8, 4) is 0 Å². The van der Waals surface area contributed by atoms with Crippen molar-refractivity contribution in [1.29, 1.82) is 0 Å². The van der Waals surface area contributed by atoms with Gasteiger partial charge in [-0.15, -0.1) is 0 Å². The Morgan fingerprint density at radius 3 is 2.48 bits per heavy atom. The minimum atomic E-state index is -1.06. The topological polar surface area (TPSA) is 62.5 Å². The quantitative estimate of drug-likeness (QED) is 0.909. The van der Waals surface area contributed by atoms with Crippen LogP contribution in [-0.4, -0.2) is 22.2 Å². The van der Waals surface area contributed by atoms with Gasteiger partial charge in [0.25, 0.3) is 5.91 Å². The Morgan fingerprint density at radius 2 is 1.90 bits per heavy atom. The van der Waals surface area contributed by atoms with Crippen molar-refractivity contribution in [2.24, 2.45) is 0 Å². The summed E-state index contributed by atoms with van der Waals surface area (Å²) in [6.45, 7) is 8.64. The maximum absolute atomic E-state index is 12.4. The second-order valence-corrected chi connectivity index (χ2v) is 6.77. The molecule has 114 valence electrons. The van der Waals surface area contributed by atoms with E-state index in [0.717, 1.165) is 10.9 Å². The highest BCUT2D eigenvalue weighted by molar-refractivity contribution is 6.31. The second kappa shape index (κ2) is 5.04. The fourth-order valence-corrected chi connectivity index (χ4v) is 2.08. The molecular formula is C16H20ClNO3. The van der Waals surface area contributed by atoms with Crippen molar-refractivity contribution >= 4 is 28.5 Å². The van der Waals surface area contributed by atoms with Gasteiger partial charge in [0.2, 0.25) is 0 Å². The molecule has 0 aliphatic heterocycles. The van der Waals surface area contributed by atoms with Gasteiger partial charge in [0.1, 0.15) is 5.58 Å². The number of nitrogens with one attached hydrogen (secondary N) is 1. The first-order valence-corrected chi connectivity index (χ1v) is 7.14. The molecule has 2 rings (SSSR count). The van der Waals surface area contributed by atoms with Gasteiger partial charge in [-0.05, 0) is 52.8 Å². The highest BCUT2D eigenvalue weighted by Crippen LogP contribution is 2.29. The molecule has 0 aliphatic rings. The summed E-state index contributed by atoms with van der Waals surface area (Å²) >= 11 is 5.97. The van der Waals surface area contributed by atoms with E-state index in [2.05, 4.69) is 5.32 Å². The predicted molar refractivity (Wildman–Crippen MR) is 83.8 cm³/mol. The van der Waals surface area contributed by atoms with Crippen molar-refractivity contribution in [3.05, 3.63) is 34.5 Å². The first-order chi connectivity index (χ1) is 9.53. The Balaban J connectivity index is 2.39. The lowest BCUT2D eigenvalue weighted by molar-refractivity contribution is -0.00339. The molecule has 0 saturated carbocycles. The van der Waals surface area contributed by atoms with E-state index in [0.29, 0.717) is 10.6 Å². The average molecular weight is 310 g/mol. The molecule has 1 amide bonds. The fraction of sp³-hybridized carbons (Fsp3) is 0.438. The molecule has 0 radical (unpaired) electrons. The summed E-state index contributed by atoms with van der Waals surface area (Å²) in [4.78, 5) is 12.4. The summed E-state index contributed by atoms with van der Waals surface area (Å²) in [7, 11) is 0. The van der Waals surface area contributed by atoms with Crippen LogP contribution >= 0.6 is 11.6 Å². The summed E-state index contributed by atoms with van der Waals surface area (Å²) in [6.07, 6.45) is 0. The molecule has 0 saturated heterocycles. The van der Waals surface area contributed by atoms with Crippen molar-refractivity contribution < 1.29 is 14.3 Å². The van der Waals surface area contributed by atoms with E-state index in [9.17, 15) is 9.90 Å². The standard InChI is InChI=1S/C16H20ClNO3/c1-9-11-8-10(17)6-7-12(11)21-13(9)14(19)18-15(2,3)16(4,5)20/h6-8,20H,1-5H3,(H,18,19). The van der Waals surface area contributed by atoms with Gasteiger partial charge < -0.3 is 14.8 Å². The van der Waals surface area contributed by atoms with Crippen LogP contribution in [-0.2, 0) is 0 Å². The van der Waals surface area contributed by atoms with Crippen LogP contribution in [0.1, 0.15) is 43.8 Å². The normalized spacial score (nSPS) is 12.7. The largest absolute Gasteiger partial charge is 0.451 e. The molecule has 0 spiro atoms. The SMILES string of the molecule is Cc1c(C(=O)NC(C)(C)C(C)(C)O)oc2ccc(Cl)cc12. The van der Waals surface area contributed by atoms with E-state index < -0.39 is 11.1 Å². The summed E-state index contributed by atoms with van der Waals surface area (Å²) in [5.74, 6) is -0.114. The molecule has 0 bridgehead atoms. The van der Waals surface area contributed by atoms with Crippen LogP contribution in [0.15, 0.2) is 22.6 Å². The van der Waals surface area contributed by atoms with Crippen LogP contribution in [0.2, 0.25) is 5.02 Å². The maximum atomic E-state index is 12.4. The highest BCUT2D eigenvalue weighted by Gasteiger charge is 2.37. The molecule has 0 fully saturated rings. The third-order valence-corrected chi connectivity index (χ3v) is 4.30. The van der Waals surface area contributed by atoms with Crippen LogP contribution < -0.4 is 5.32 Å². The van der Waals surface area contributed by atoms with Crippen LogP contribution in [0, 0.1) is 6.92 Å². The van der Waals surface area contributed by atoms with E-state index in [1.54, 1.807) is 45.9 Å². The van der Waals surface area contributed by atoms with Gasteiger partial charge in [-0.3, -0.25) is 4.79 Å². The number of carbonyl (C=O) groups is 1. The number of aliphatic hydroxyl groups is 1. The first kappa shape index (κ1) is 15.9. The molecule has 0 atom stereocenters. The van der Waals surface area contributed by atoms with Crippen LogP contribution in [0.25, 0.3) is 11.0 Å². The molecule has 1 aromatic carbocycles. The lowest BCUT2D eigenvalue weighted by Gasteiger charge is -2.37. The van der Waals surface area contributed by atoms with Crippen molar-refractivity contribution in [2.45, 2.75) is 45.8 Å². The van der Waals surface area contributed by atoms with Gasteiger partial charge in [-0.25, -0.2) is 0 Å². The highest BCUT2D eigenvalue weighted by atomic mass is 35.5. The van der Waals surface area contributed by atoms with Crippen LogP contribution in [0.5, 0.6) is 0 Å². The molecule has 4 nitrogen and oxygen atoms in total. The molecular weight excluding hydrogens is 290 g/mol. The van der Waals surface area contributed by atoms with Crippen molar-refractivity contribution in [1.82, 2.24) is 5.32 Å². The second-order valence-electron chi connectivity index (χ2n) is 6.33. The molecule has 21 heavy (non-hydrogen) atoms. The molecule has 2 aromatic rings. The third-order valence-electron chi connectivity index (χ3n) is 4.06. The molecule has 1 heterocycles. The van der Waals surface area contributed by atoms with Gasteiger partial charge in [0, 0.05) is 16.0 Å². The Kier molecular flexibility index (Phi) is 3.80. The Morgan fingerprint density at radius 1 is 1.29 bits per heavy atom. The molecule has 0 aliphatic carbocycles. The number of furan rings is 1. The number of aryl methyl sites for hydroxylation is 1. The zero-order valence-corrected chi connectivity index (χ0v) is 13.6. The summed E-state index contributed by atoms with van der Waals surface area (Å²) in [5.41, 5.74) is -0.515. The number of halogens is 1. The van der Waals surface area contributed by atoms with Gasteiger partial charge in [-0.2, -0.15) is 0 Å². The Hall–Kier alpha value is -1.52. The smallest absolute Gasteiger partial charge is 0.287 e. The summed E-state index contributed by atoms with van der Waals surface area (Å²) < 4.78 is 5.62. The first-order valence-electron chi connectivity index (χ1n) is 6.76. The lowest BCUT2D eigenvalue weighted by Crippen LogP contribution is -2.57. The molecule has 0 unspecified atom stereocenters. The van der Waals surface area contributed by atoms with Crippen LogP contribution in [0.4, 0.5) is 0 Å². The minimum Gasteiger partial charge on any atom is -0.451 e. The number of amides is 1. The third kappa shape index (κ3) is 2.92. The van der Waals surface area contributed by atoms with Gasteiger partial charge in [0.05, 0.1) is 11.1 Å². The molecule has 5 heteroatoms. The number of benzene rings is 1. The van der Waals surface area contributed by atoms with Crippen molar-refractivity contribution in [3.63, 3.8) is 0 Å². The number of carbonyl (C=O) groups excluding carboxylic acids is 1. The monoisotopic (exact) mass is 309 g/mol. The summed E-state index contributed by atoms with van der Waals surface area (Å²) in [5, 5.41) is 14.3. The number of fused-ring (bicyclic) bond motifs is 1. The van der Waals surface area contributed by atoms with E-state index in [4.69, 9.17) is 16.0 Å². The zero-order valence-electron chi connectivity index (χ0n) is 12.9.